The summed E-state index contributed by atoms with van der Waals surface area (Å²) in [4.78, 5) is 22.1. The van der Waals surface area contributed by atoms with E-state index in [4.69, 9.17) is 5.11 Å². The Morgan fingerprint density at radius 1 is 1.41 bits per heavy atom. The lowest BCUT2D eigenvalue weighted by Crippen LogP contribution is -2.41. The highest BCUT2D eigenvalue weighted by Gasteiger charge is 2.19. The van der Waals surface area contributed by atoms with Crippen LogP contribution in [0.2, 0.25) is 0 Å². The maximum absolute atomic E-state index is 11.3. The van der Waals surface area contributed by atoms with Crippen LogP contribution in [0.25, 0.3) is 0 Å². The van der Waals surface area contributed by atoms with E-state index in [1.807, 2.05) is 6.26 Å². The van der Waals surface area contributed by atoms with Crippen LogP contribution in [0.1, 0.15) is 12.8 Å². The molecule has 0 aliphatic carbocycles. The first-order valence-corrected chi connectivity index (χ1v) is 8.40. The van der Waals surface area contributed by atoms with Crippen molar-refractivity contribution in [3.8, 4) is 0 Å². The molecule has 0 unspecified atom stereocenters. The van der Waals surface area contributed by atoms with Crippen molar-refractivity contribution in [1.29, 1.82) is 0 Å². The van der Waals surface area contributed by atoms with Crippen LogP contribution in [-0.4, -0.2) is 55.5 Å². The van der Waals surface area contributed by atoms with E-state index in [2.05, 4.69) is 5.32 Å². The molecule has 2 N–H and O–H groups in total. The van der Waals surface area contributed by atoms with Crippen molar-refractivity contribution in [1.82, 2.24) is 5.32 Å². The van der Waals surface area contributed by atoms with Gasteiger partial charge in [0.1, 0.15) is 15.9 Å². The maximum Gasteiger partial charge on any atom is 0.326 e. The predicted molar refractivity (Wildman–Crippen MR) is 66.9 cm³/mol. The fourth-order valence-corrected chi connectivity index (χ4v) is 2.07. The van der Waals surface area contributed by atoms with Gasteiger partial charge in [-0.05, 0) is 18.4 Å². The van der Waals surface area contributed by atoms with Crippen molar-refractivity contribution in [2.24, 2.45) is 0 Å². The van der Waals surface area contributed by atoms with E-state index < -0.39 is 27.8 Å². The van der Waals surface area contributed by atoms with Gasteiger partial charge >= 0.3 is 5.97 Å². The molecule has 0 radical (unpaired) electrons. The summed E-state index contributed by atoms with van der Waals surface area (Å²) in [5, 5.41) is 11.1. The first-order chi connectivity index (χ1) is 7.76. The summed E-state index contributed by atoms with van der Waals surface area (Å²) in [6.45, 7) is 0. The van der Waals surface area contributed by atoms with Crippen molar-refractivity contribution in [2.45, 2.75) is 18.9 Å². The second kappa shape index (κ2) is 7.54. The van der Waals surface area contributed by atoms with Crippen LogP contribution in [-0.2, 0) is 19.4 Å². The number of thioether (sulfide) groups is 1. The number of carbonyl (C=O) groups is 2. The van der Waals surface area contributed by atoms with Crippen molar-refractivity contribution >= 4 is 33.5 Å². The van der Waals surface area contributed by atoms with Gasteiger partial charge in [0.25, 0.3) is 0 Å². The Labute approximate surface area is 105 Å². The van der Waals surface area contributed by atoms with Crippen LogP contribution >= 0.6 is 11.8 Å². The van der Waals surface area contributed by atoms with E-state index in [0.717, 1.165) is 6.26 Å². The molecule has 0 aliphatic heterocycles. The number of nitrogens with one attached hydrogen (secondary N) is 1. The third kappa shape index (κ3) is 8.99. The van der Waals surface area contributed by atoms with Crippen LogP contribution in [0.5, 0.6) is 0 Å². The van der Waals surface area contributed by atoms with Gasteiger partial charge in [0.05, 0.1) is 5.75 Å². The Morgan fingerprint density at radius 2 is 2.00 bits per heavy atom. The molecule has 100 valence electrons. The maximum atomic E-state index is 11.3. The summed E-state index contributed by atoms with van der Waals surface area (Å²) in [6, 6.07) is -0.950. The molecule has 0 bridgehead atoms. The lowest BCUT2D eigenvalue weighted by atomic mass is 10.2. The van der Waals surface area contributed by atoms with Crippen LogP contribution < -0.4 is 5.32 Å². The first kappa shape index (κ1) is 16.2. The topological polar surface area (TPSA) is 101 Å². The monoisotopic (exact) mass is 283 g/mol. The van der Waals surface area contributed by atoms with E-state index in [1.54, 1.807) is 0 Å². The van der Waals surface area contributed by atoms with E-state index in [-0.39, 0.29) is 12.2 Å². The summed E-state index contributed by atoms with van der Waals surface area (Å²) in [6.07, 6.45) is 2.98. The summed E-state index contributed by atoms with van der Waals surface area (Å²) < 4.78 is 21.7. The third-order valence-corrected chi connectivity index (χ3v) is 3.53. The van der Waals surface area contributed by atoms with Crippen LogP contribution in [0, 0.1) is 0 Å². The molecule has 0 spiro atoms. The zero-order chi connectivity index (χ0) is 13.5. The van der Waals surface area contributed by atoms with Gasteiger partial charge in [-0.2, -0.15) is 11.8 Å². The number of rotatable bonds is 8. The van der Waals surface area contributed by atoms with Crippen molar-refractivity contribution in [2.75, 3.05) is 24.0 Å². The number of aliphatic carboxylic acids is 1. The molecular weight excluding hydrogens is 266 g/mol. The fourth-order valence-electron chi connectivity index (χ4n) is 1.04. The Balaban J connectivity index is 4.17. The molecule has 0 aromatic carbocycles. The van der Waals surface area contributed by atoms with E-state index >= 15 is 0 Å². The molecule has 0 saturated carbocycles. The first-order valence-electron chi connectivity index (χ1n) is 4.95. The standard InChI is InChI=1S/C9H17NO5S2/c1-16-5-3-7(9(12)13)10-8(11)4-6-17(2,14)15/h7H,3-6H2,1-2H3,(H,10,11)(H,12,13)/t7-/m0/s1. The van der Waals surface area contributed by atoms with Gasteiger partial charge in [0.2, 0.25) is 5.91 Å². The third-order valence-electron chi connectivity index (χ3n) is 1.94. The highest BCUT2D eigenvalue weighted by molar-refractivity contribution is 7.98. The second-order valence-corrected chi connectivity index (χ2v) is 6.87. The molecule has 0 fully saturated rings. The van der Waals surface area contributed by atoms with E-state index in [1.165, 1.54) is 11.8 Å². The molecule has 0 rings (SSSR count). The number of amides is 1. The van der Waals surface area contributed by atoms with Crippen LogP contribution in [0.4, 0.5) is 0 Å². The molecule has 0 saturated heterocycles. The second-order valence-electron chi connectivity index (χ2n) is 3.62. The Hall–Kier alpha value is -0.760. The fraction of sp³-hybridized carbons (Fsp3) is 0.778. The van der Waals surface area contributed by atoms with Gasteiger partial charge in [0.15, 0.2) is 0 Å². The highest BCUT2D eigenvalue weighted by atomic mass is 32.2. The zero-order valence-electron chi connectivity index (χ0n) is 9.80. The lowest BCUT2D eigenvalue weighted by Gasteiger charge is -2.13. The number of sulfone groups is 1. The summed E-state index contributed by atoms with van der Waals surface area (Å²) in [5.74, 6) is -1.31. The number of carboxylic acid groups (broad SMARTS) is 1. The van der Waals surface area contributed by atoms with Gasteiger partial charge in [-0.15, -0.1) is 0 Å². The molecule has 0 aliphatic rings. The molecule has 0 aromatic rings. The number of carbonyl (C=O) groups excluding carboxylic acids is 1. The number of carboxylic acids is 1. The largest absolute Gasteiger partial charge is 0.480 e. The minimum Gasteiger partial charge on any atom is -0.480 e. The smallest absolute Gasteiger partial charge is 0.326 e. The van der Waals surface area contributed by atoms with Gasteiger partial charge in [0, 0.05) is 12.7 Å². The molecule has 17 heavy (non-hydrogen) atoms. The molecule has 1 atom stereocenters. The summed E-state index contributed by atoms with van der Waals surface area (Å²) in [7, 11) is -3.20. The van der Waals surface area contributed by atoms with E-state index in [9.17, 15) is 18.0 Å². The molecule has 1 amide bonds. The molecular formula is C9H17NO5S2. The normalized spacial score (nSPS) is 13.1. The van der Waals surface area contributed by atoms with Crippen molar-refractivity contribution in [3.63, 3.8) is 0 Å². The van der Waals surface area contributed by atoms with Crippen molar-refractivity contribution in [3.05, 3.63) is 0 Å². The van der Waals surface area contributed by atoms with Crippen molar-refractivity contribution < 1.29 is 23.1 Å². The van der Waals surface area contributed by atoms with Crippen LogP contribution in [0.15, 0.2) is 0 Å². The van der Waals surface area contributed by atoms with Gasteiger partial charge in [-0.25, -0.2) is 13.2 Å². The SMILES string of the molecule is CSCC[C@H](NC(=O)CCS(C)(=O)=O)C(=O)O. The van der Waals surface area contributed by atoms with Gasteiger partial charge < -0.3 is 10.4 Å². The minimum atomic E-state index is -3.20. The van der Waals surface area contributed by atoms with E-state index in [0.29, 0.717) is 12.2 Å². The molecule has 0 heterocycles. The average Bonchev–Trinajstić information content (AvgIpc) is 2.19. The van der Waals surface area contributed by atoms with Crippen LogP contribution in [0.3, 0.4) is 0 Å². The number of hydrogen-bond acceptors (Lipinski definition) is 5. The quantitative estimate of drug-likeness (QED) is 0.637. The number of hydrogen-bond donors (Lipinski definition) is 2. The zero-order valence-corrected chi connectivity index (χ0v) is 11.4. The Kier molecular flexibility index (Phi) is 7.21. The minimum absolute atomic E-state index is 0.206. The molecule has 0 aromatic heterocycles. The molecule has 6 nitrogen and oxygen atoms in total. The summed E-state index contributed by atoms with van der Waals surface area (Å²) >= 11 is 1.48. The lowest BCUT2D eigenvalue weighted by molar-refractivity contribution is -0.141. The highest BCUT2D eigenvalue weighted by Crippen LogP contribution is 2.01. The molecule has 8 heteroatoms. The average molecular weight is 283 g/mol. The Bertz CT molecular complexity index is 366. The summed E-state index contributed by atoms with van der Waals surface area (Å²) in [5.41, 5.74) is 0. The Morgan fingerprint density at radius 3 is 2.41 bits per heavy atom. The predicted octanol–water partition coefficient (Wildman–Crippen LogP) is -0.256. The van der Waals surface area contributed by atoms with Gasteiger partial charge in [-0.1, -0.05) is 0 Å². The van der Waals surface area contributed by atoms with Gasteiger partial charge in [-0.3, -0.25) is 4.79 Å².